The second-order valence-electron chi connectivity index (χ2n) is 9.64. The fourth-order valence-corrected chi connectivity index (χ4v) is 5.65. The molecule has 184 valence electrons. The van der Waals surface area contributed by atoms with Crippen molar-refractivity contribution in [3.8, 4) is 11.1 Å². The van der Waals surface area contributed by atoms with Crippen molar-refractivity contribution in [1.29, 1.82) is 0 Å². The number of rotatable bonds is 6. The van der Waals surface area contributed by atoms with Crippen molar-refractivity contribution >= 4 is 45.0 Å². The molecular weight excluding hydrogens is 482 g/mol. The zero-order valence-corrected chi connectivity index (χ0v) is 20.8. The van der Waals surface area contributed by atoms with Crippen LogP contribution in [0.15, 0.2) is 60.2 Å². The summed E-state index contributed by atoms with van der Waals surface area (Å²) in [7, 11) is 0. The van der Waals surface area contributed by atoms with Crippen molar-refractivity contribution in [2.45, 2.75) is 37.6 Å². The van der Waals surface area contributed by atoms with Gasteiger partial charge in [-0.15, -0.1) is 11.3 Å². The Labute approximate surface area is 217 Å². The molecule has 37 heavy (non-hydrogen) atoms. The van der Waals surface area contributed by atoms with E-state index >= 15 is 0 Å². The molecule has 2 aliphatic rings. The van der Waals surface area contributed by atoms with E-state index in [-0.39, 0.29) is 11.8 Å². The minimum absolute atomic E-state index is 0.0158. The molecule has 1 unspecified atom stereocenters. The van der Waals surface area contributed by atoms with Crippen molar-refractivity contribution in [3.05, 3.63) is 83.0 Å². The van der Waals surface area contributed by atoms with Crippen LogP contribution < -0.4 is 10.6 Å². The van der Waals surface area contributed by atoms with Crippen LogP contribution in [0.2, 0.25) is 0 Å². The van der Waals surface area contributed by atoms with Gasteiger partial charge in [0.25, 0.3) is 5.91 Å². The second-order valence-corrected chi connectivity index (χ2v) is 10.6. The third kappa shape index (κ3) is 4.21. The molecule has 1 amide bonds. The molecule has 1 fully saturated rings. The molecule has 1 saturated carbocycles. The normalized spacial score (nSPS) is 16.9. The molecule has 9 heteroatoms. The highest BCUT2D eigenvalue weighted by molar-refractivity contribution is 7.17. The van der Waals surface area contributed by atoms with Crippen LogP contribution in [0.25, 0.3) is 27.4 Å². The average Bonchev–Trinajstić information content (AvgIpc) is 3.66. The third-order valence-electron chi connectivity index (χ3n) is 7.18. The van der Waals surface area contributed by atoms with E-state index in [1.54, 1.807) is 11.3 Å². The van der Waals surface area contributed by atoms with Crippen molar-refractivity contribution < 1.29 is 4.79 Å². The Bertz CT molecular complexity index is 1610. The maximum atomic E-state index is 12.6. The van der Waals surface area contributed by atoms with Crippen LogP contribution in [0.4, 0.5) is 11.5 Å². The number of fused-ring (bicyclic) bond motifs is 2. The average molecular weight is 508 g/mol. The van der Waals surface area contributed by atoms with Crippen molar-refractivity contribution in [1.82, 2.24) is 30.5 Å². The largest absolute Gasteiger partial charge is 0.354 e. The number of amides is 1. The van der Waals surface area contributed by atoms with Gasteiger partial charge in [-0.3, -0.25) is 9.89 Å². The molecule has 1 atom stereocenters. The number of anilines is 2. The maximum Gasteiger partial charge on any atom is 0.267 e. The standard InChI is InChI=1S/C28H25N7OS/c36-28(32-20-2-1-3-20)24-12-17-4-5-18(13-23(17)33-24)26-34-22-10-11-37-25(22)27(35-26)31-21-8-6-16(7-9-21)19-14-29-30-15-19/h4-12,14-15,18,20,33H,1-3,13H2,(H,29,30)(H,32,36)(H,31,34,35). The zero-order valence-electron chi connectivity index (χ0n) is 20.0. The molecule has 2 aliphatic carbocycles. The lowest BCUT2D eigenvalue weighted by Gasteiger charge is -2.26. The number of aromatic nitrogens is 5. The molecule has 4 N–H and O–H groups in total. The minimum atomic E-state index is -0.0229. The molecule has 8 nitrogen and oxygen atoms in total. The fraction of sp³-hybridized carbons (Fsp3) is 0.214. The first-order valence-electron chi connectivity index (χ1n) is 12.5. The van der Waals surface area contributed by atoms with Gasteiger partial charge < -0.3 is 15.6 Å². The molecule has 4 heterocycles. The summed E-state index contributed by atoms with van der Waals surface area (Å²) in [4.78, 5) is 25.8. The number of benzene rings is 1. The van der Waals surface area contributed by atoms with Gasteiger partial charge in [0, 0.05) is 41.5 Å². The van der Waals surface area contributed by atoms with Crippen molar-refractivity contribution in [2.24, 2.45) is 0 Å². The van der Waals surface area contributed by atoms with Crippen LogP contribution in [0.3, 0.4) is 0 Å². The molecule has 0 aliphatic heterocycles. The Hall–Kier alpha value is -4.24. The van der Waals surface area contributed by atoms with Gasteiger partial charge in [-0.2, -0.15) is 5.10 Å². The number of thiophene rings is 1. The molecule has 4 aromatic heterocycles. The lowest BCUT2D eigenvalue weighted by atomic mass is 9.93. The van der Waals surface area contributed by atoms with E-state index in [0.717, 1.165) is 69.2 Å². The quantitative estimate of drug-likeness (QED) is 0.233. The van der Waals surface area contributed by atoms with Gasteiger partial charge in [0.05, 0.1) is 16.4 Å². The minimum Gasteiger partial charge on any atom is -0.354 e. The third-order valence-corrected chi connectivity index (χ3v) is 8.09. The summed E-state index contributed by atoms with van der Waals surface area (Å²) >= 11 is 1.63. The van der Waals surface area contributed by atoms with E-state index in [4.69, 9.17) is 9.97 Å². The molecule has 1 aromatic carbocycles. The summed E-state index contributed by atoms with van der Waals surface area (Å²) in [6, 6.07) is 12.5. The lowest BCUT2D eigenvalue weighted by Crippen LogP contribution is -2.39. The number of nitrogens with zero attached hydrogens (tertiary/aromatic N) is 3. The van der Waals surface area contributed by atoms with E-state index in [0.29, 0.717) is 11.7 Å². The van der Waals surface area contributed by atoms with Crippen LogP contribution >= 0.6 is 11.3 Å². The van der Waals surface area contributed by atoms with Crippen LogP contribution in [-0.4, -0.2) is 37.1 Å². The van der Waals surface area contributed by atoms with Gasteiger partial charge in [-0.25, -0.2) is 9.97 Å². The molecule has 0 spiro atoms. The molecule has 5 aromatic rings. The molecule has 0 saturated heterocycles. The number of allylic oxidation sites excluding steroid dienone is 1. The number of nitrogens with one attached hydrogen (secondary N) is 4. The van der Waals surface area contributed by atoms with Crippen LogP contribution in [-0.2, 0) is 6.42 Å². The molecular formula is C28H25N7OS. The number of hydrogen-bond acceptors (Lipinski definition) is 6. The topological polar surface area (TPSA) is 111 Å². The highest BCUT2D eigenvalue weighted by atomic mass is 32.1. The van der Waals surface area contributed by atoms with E-state index in [9.17, 15) is 4.79 Å². The molecule has 0 bridgehead atoms. The SMILES string of the molecule is O=C(NC1CCC1)c1cc2c([nH]1)CC(c1nc(Nc3ccc(-c4cn[nH]c4)cc3)c3sccc3n1)C=C2. The summed E-state index contributed by atoms with van der Waals surface area (Å²) in [5, 5.41) is 15.5. The summed E-state index contributed by atoms with van der Waals surface area (Å²) in [5.41, 5.74) is 6.76. The molecule has 7 rings (SSSR count). The predicted octanol–water partition coefficient (Wildman–Crippen LogP) is 5.79. The van der Waals surface area contributed by atoms with Gasteiger partial charge in [0.1, 0.15) is 11.5 Å². The first kappa shape index (κ1) is 22.0. The number of H-pyrrole nitrogens is 2. The highest BCUT2D eigenvalue weighted by Crippen LogP contribution is 2.34. The highest BCUT2D eigenvalue weighted by Gasteiger charge is 2.25. The van der Waals surface area contributed by atoms with Gasteiger partial charge >= 0.3 is 0 Å². The Morgan fingerprint density at radius 2 is 1.97 bits per heavy atom. The van der Waals surface area contributed by atoms with Crippen molar-refractivity contribution in [3.63, 3.8) is 0 Å². The zero-order chi connectivity index (χ0) is 24.8. The van der Waals surface area contributed by atoms with E-state index in [1.165, 1.54) is 6.42 Å². The number of carbonyl (C=O) groups excluding carboxylic acids is 1. The summed E-state index contributed by atoms with van der Waals surface area (Å²) in [6.45, 7) is 0. The lowest BCUT2D eigenvalue weighted by molar-refractivity contribution is 0.0912. The monoisotopic (exact) mass is 507 g/mol. The van der Waals surface area contributed by atoms with Gasteiger partial charge in [0.15, 0.2) is 5.82 Å². The number of aromatic amines is 2. The van der Waals surface area contributed by atoms with Crippen LogP contribution in [0.5, 0.6) is 0 Å². The van der Waals surface area contributed by atoms with E-state index in [2.05, 4.69) is 50.1 Å². The Kier molecular flexibility index (Phi) is 5.35. The predicted molar refractivity (Wildman–Crippen MR) is 146 cm³/mol. The fourth-order valence-electron chi connectivity index (χ4n) is 4.88. The second kappa shape index (κ2) is 9.01. The smallest absolute Gasteiger partial charge is 0.267 e. The summed E-state index contributed by atoms with van der Waals surface area (Å²) in [6.07, 6.45) is 12.0. The van der Waals surface area contributed by atoms with Gasteiger partial charge in [-0.1, -0.05) is 24.3 Å². The van der Waals surface area contributed by atoms with Crippen LogP contribution in [0, 0.1) is 0 Å². The van der Waals surface area contributed by atoms with Gasteiger partial charge in [-0.05, 0) is 60.0 Å². The number of carbonyl (C=O) groups is 1. The Morgan fingerprint density at radius 3 is 2.76 bits per heavy atom. The van der Waals surface area contributed by atoms with E-state index < -0.39 is 0 Å². The van der Waals surface area contributed by atoms with Crippen molar-refractivity contribution in [2.75, 3.05) is 5.32 Å². The Balaban J connectivity index is 1.13. The maximum absolute atomic E-state index is 12.6. The Morgan fingerprint density at radius 1 is 1.08 bits per heavy atom. The first-order valence-corrected chi connectivity index (χ1v) is 13.4. The van der Waals surface area contributed by atoms with Crippen LogP contribution in [0.1, 0.15) is 52.8 Å². The van der Waals surface area contributed by atoms with Gasteiger partial charge in [0.2, 0.25) is 0 Å². The number of hydrogen-bond donors (Lipinski definition) is 4. The summed E-state index contributed by atoms with van der Waals surface area (Å²) in [5.74, 6) is 1.56. The van der Waals surface area contributed by atoms with E-state index in [1.807, 2.05) is 42.0 Å². The first-order chi connectivity index (χ1) is 18.2. The summed E-state index contributed by atoms with van der Waals surface area (Å²) < 4.78 is 1.03. The molecule has 0 radical (unpaired) electrons.